The molecule has 4 nitrogen and oxygen atoms in total. The minimum atomic E-state index is 0.606. The highest BCUT2D eigenvalue weighted by Gasteiger charge is 2.14. The lowest BCUT2D eigenvalue weighted by Crippen LogP contribution is -2.19. The molecule has 0 aromatic carbocycles. The van der Waals surface area contributed by atoms with E-state index >= 15 is 0 Å². The Kier molecular flexibility index (Phi) is 6.70. The van der Waals surface area contributed by atoms with E-state index in [1.165, 1.54) is 4.88 Å². The Hall–Kier alpha value is -1.08. The number of thioether (sulfide) groups is 1. The van der Waals surface area contributed by atoms with Crippen molar-refractivity contribution in [2.75, 3.05) is 12.8 Å². The van der Waals surface area contributed by atoms with Gasteiger partial charge in [0.25, 0.3) is 0 Å². The first-order valence-electron chi connectivity index (χ1n) is 6.80. The van der Waals surface area contributed by atoms with E-state index in [9.17, 15) is 0 Å². The second-order valence-corrected chi connectivity index (χ2v) is 7.36. The van der Waals surface area contributed by atoms with Crippen LogP contribution < -0.4 is 0 Å². The molecule has 0 N–H and O–H groups in total. The van der Waals surface area contributed by atoms with Crippen LogP contribution in [0.4, 0.5) is 0 Å². The first-order valence-corrected chi connectivity index (χ1v) is 9.04. The van der Waals surface area contributed by atoms with E-state index in [1.807, 2.05) is 6.08 Å². The Bertz CT molecular complexity index is 622. The Morgan fingerprint density at radius 2 is 2.32 bits per heavy atom. The lowest BCUT2D eigenvalue weighted by molar-refractivity contribution is 0.307. The minimum Gasteiger partial charge on any atom is -0.301 e. The summed E-state index contributed by atoms with van der Waals surface area (Å²) in [5.74, 6) is 1.56. The van der Waals surface area contributed by atoms with Gasteiger partial charge in [-0.25, -0.2) is 0 Å². The summed E-state index contributed by atoms with van der Waals surface area (Å²) in [6.45, 7) is 9.84. The van der Waals surface area contributed by atoms with Crippen LogP contribution in [0.15, 0.2) is 46.9 Å². The predicted octanol–water partition coefficient (Wildman–Crippen LogP) is 4.00. The highest BCUT2D eigenvalue weighted by molar-refractivity contribution is 7.99. The van der Waals surface area contributed by atoms with Crippen molar-refractivity contribution in [3.8, 4) is 0 Å². The molecule has 0 saturated heterocycles. The van der Waals surface area contributed by atoms with E-state index < -0.39 is 0 Å². The van der Waals surface area contributed by atoms with Gasteiger partial charge in [0.2, 0.25) is 0 Å². The van der Waals surface area contributed by atoms with E-state index in [4.69, 9.17) is 11.6 Å². The lowest BCUT2D eigenvalue weighted by atomic mass is 10.4. The molecule has 0 aliphatic heterocycles. The van der Waals surface area contributed by atoms with Gasteiger partial charge in [0.1, 0.15) is 5.82 Å². The summed E-state index contributed by atoms with van der Waals surface area (Å²) in [6, 6.07) is 4.21. The average Bonchev–Trinajstić information content (AvgIpc) is 3.08. The van der Waals surface area contributed by atoms with Crippen LogP contribution in [0, 0.1) is 0 Å². The number of hydrogen-bond acceptors (Lipinski definition) is 5. The summed E-state index contributed by atoms with van der Waals surface area (Å²) in [6.07, 6.45) is 1.85. The highest BCUT2D eigenvalue weighted by Crippen LogP contribution is 2.21. The van der Waals surface area contributed by atoms with Crippen LogP contribution in [0.2, 0.25) is 0 Å². The smallest absolute Gasteiger partial charge is 0.191 e. The largest absolute Gasteiger partial charge is 0.301 e. The molecule has 2 heterocycles. The van der Waals surface area contributed by atoms with Gasteiger partial charge in [-0.3, -0.25) is 4.90 Å². The minimum absolute atomic E-state index is 0.606. The summed E-state index contributed by atoms with van der Waals surface area (Å²) < 4.78 is 2.07. The van der Waals surface area contributed by atoms with Gasteiger partial charge in [0, 0.05) is 28.8 Å². The van der Waals surface area contributed by atoms with E-state index in [0.29, 0.717) is 17.3 Å². The quantitative estimate of drug-likeness (QED) is 0.503. The molecule has 0 atom stereocenters. The number of allylic oxidation sites excluding steroid dienone is 1. The van der Waals surface area contributed by atoms with Crippen molar-refractivity contribution in [1.82, 2.24) is 19.7 Å². The van der Waals surface area contributed by atoms with Gasteiger partial charge in [-0.05, 0) is 18.5 Å². The van der Waals surface area contributed by atoms with Crippen LogP contribution in [0.3, 0.4) is 0 Å². The van der Waals surface area contributed by atoms with Gasteiger partial charge in [0.15, 0.2) is 5.16 Å². The van der Waals surface area contributed by atoms with Gasteiger partial charge < -0.3 is 4.57 Å². The van der Waals surface area contributed by atoms with Gasteiger partial charge >= 0.3 is 0 Å². The fourth-order valence-electron chi connectivity index (χ4n) is 1.96. The maximum atomic E-state index is 5.83. The average molecular weight is 355 g/mol. The van der Waals surface area contributed by atoms with Crippen molar-refractivity contribution in [3.63, 3.8) is 0 Å². The molecule has 22 heavy (non-hydrogen) atoms. The van der Waals surface area contributed by atoms with Crippen molar-refractivity contribution in [1.29, 1.82) is 0 Å². The van der Waals surface area contributed by atoms with Crippen LogP contribution in [0.5, 0.6) is 0 Å². The zero-order valence-corrected chi connectivity index (χ0v) is 14.9. The molecule has 118 valence electrons. The Labute approximate surface area is 144 Å². The molecule has 2 aromatic heterocycles. The Balaban J connectivity index is 2.05. The summed E-state index contributed by atoms with van der Waals surface area (Å²) in [5.41, 5.74) is 0. The standard InChI is InChI=1S/C15H19ClN4S2/c1-4-7-20-14(17-18-15(20)22-11-12(2)16)10-19(3)9-13-6-5-8-21-13/h4-6,8H,1-2,7,9-11H2,3H3. The molecule has 0 spiro atoms. The second kappa shape index (κ2) is 8.53. The van der Waals surface area contributed by atoms with Crippen molar-refractivity contribution >= 4 is 34.7 Å². The van der Waals surface area contributed by atoms with E-state index in [0.717, 1.165) is 24.1 Å². The van der Waals surface area contributed by atoms with Crippen molar-refractivity contribution in [2.24, 2.45) is 0 Å². The molecule has 0 amide bonds. The molecule has 0 aliphatic rings. The van der Waals surface area contributed by atoms with E-state index in [2.05, 4.69) is 57.4 Å². The number of rotatable bonds is 9. The first-order chi connectivity index (χ1) is 10.6. The maximum absolute atomic E-state index is 5.83. The topological polar surface area (TPSA) is 34.0 Å². The van der Waals surface area contributed by atoms with Gasteiger partial charge in [-0.15, -0.1) is 28.1 Å². The van der Waals surface area contributed by atoms with E-state index in [1.54, 1.807) is 23.1 Å². The van der Waals surface area contributed by atoms with Crippen LogP contribution >= 0.6 is 34.7 Å². The summed E-state index contributed by atoms with van der Waals surface area (Å²) in [7, 11) is 2.08. The molecule has 0 aliphatic carbocycles. The lowest BCUT2D eigenvalue weighted by Gasteiger charge is -2.16. The fraction of sp³-hybridized carbons (Fsp3) is 0.333. The number of aromatic nitrogens is 3. The van der Waals surface area contributed by atoms with Crippen molar-refractivity contribution < 1.29 is 0 Å². The monoisotopic (exact) mass is 354 g/mol. The first kappa shape index (κ1) is 17.3. The molecule has 0 unspecified atom stereocenters. The van der Waals surface area contributed by atoms with Gasteiger partial charge in [0.05, 0.1) is 6.54 Å². The summed E-state index contributed by atoms with van der Waals surface area (Å²) in [4.78, 5) is 3.56. The zero-order chi connectivity index (χ0) is 15.9. The molecular weight excluding hydrogens is 336 g/mol. The van der Waals surface area contributed by atoms with Crippen LogP contribution in [0.25, 0.3) is 0 Å². The van der Waals surface area contributed by atoms with Gasteiger partial charge in [-0.1, -0.05) is 42.1 Å². The molecule has 0 bridgehead atoms. The molecular formula is C15H19ClN4S2. The van der Waals surface area contributed by atoms with Crippen molar-refractivity contribution in [2.45, 2.75) is 24.8 Å². The van der Waals surface area contributed by atoms with Crippen LogP contribution in [-0.4, -0.2) is 32.5 Å². The van der Waals surface area contributed by atoms with Gasteiger partial charge in [-0.2, -0.15) is 0 Å². The van der Waals surface area contributed by atoms with E-state index in [-0.39, 0.29) is 0 Å². The fourth-order valence-corrected chi connectivity index (χ4v) is 3.63. The predicted molar refractivity (Wildman–Crippen MR) is 95.4 cm³/mol. The number of nitrogens with zero attached hydrogens (tertiary/aromatic N) is 4. The van der Waals surface area contributed by atoms with Crippen LogP contribution in [0.1, 0.15) is 10.7 Å². The SMILES string of the molecule is C=CCn1c(CN(C)Cc2cccs2)nnc1SCC(=C)Cl. The number of thiophene rings is 1. The number of halogens is 1. The third kappa shape index (κ3) is 4.98. The molecule has 2 aromatic rings. The Morgan fingerprint density at radius 3 is 2.95 bits per heavy atom. The summed E-state index contributed by atoms with van der Waals surface area (Å²) >= 11 is 9.13. The number of hydrogen-bond donors (Lipinski definition) is 0. The highest BCUT2D eigenvalue weighted by atomic mass is 35.5. The third-order valence-electron chi connectivity index (χ3n) is 2.88. The maximum Gasteiger partial charge on any atom is 0.191 e. The molecule has 0 fully saturated rings. The second-order valence-electron chi connectivity index (χ2n) is 4.86. The third-order valence-corrected chi connectivity index (χ3v) is 5.09. The molecule has 0 radical (unpaired) electrons. The zero-order valence-electron chi connectivity index (χ0n) is 12.5. The molecule has 7 heteroatoms. The summed E-state index contributed by atoms with van der Waals surface area (Å²) in [5, 5.41) is 12.1. The van der Waals surface area contributed by atoms with Crippen molar-refractivity contribution in [3.05, 3.63) is 52.5 Å². The molecule has 2 rings (SSSR count). The molecule has 0 saturated carbocycles. The Morgan fingerprint density at radius 1 is 1.50 bits per heavy atom. The normalized spacial score (nSPS) is 11.0. The van der Waals surface area contributed by atoms with Crippen LogP contribution in [-0.2, 0) is 19.6 Å².